The molecule has 2 aromatic heterocycles. The summed E-state index contributed by atoms with van der Waals surface area (Å²) in [6.07, 6.45) is 4.18. The summed E-state index contributed by atoms with van der Waals surface area (Å²) < 4.78 is 2.28. The van der Waals surface area contributed by atoms with Crippen LogP contribution in [0.1, 0.15) is 30.1 Å². The number of piperidine rings is 1. The highest BCUT2D eigenvalue weighted by Crippen LogP contribution is 2.32. The highest BCUT2D eigenvalue weighted by molar-refractivity contribution is 5.74. The lowest BCUT2D eigenvalue weighted by atomic mass is 9.96. The van der Waals surface area contributed by atoms with Crippen LogP contribution in [0.2, 0.25) is 0 Å². The molecule has 4 heteroatoms. The Morgan fingerprint density at radius 2 is 1.83 bits per heavy atom. The zero-order chi connectivity index (χ0) is 15.8. The summed E-state index contributed by atoms with van der Waals surface area (Å²) in [5.41, 5.74) is 4.41. The summed E-state index contributed by atoms with van der Waals surface area (Å²) in [7, 11) is 2.20. The maximum atomic E-state index is 4.96. The number of aryl methyl sites for hydroxylation is 1. The van der Waals surface area contributed by atoms with Crippen LogP contribution in [0.25, 0.3) is 16.9 Å². The average molecular weight is 306 g/mol. The van der Waals surface area contributed by atoms with E-state index in [1.54, 1.807) is 0 Å². The fraction of sp³-hybridized carbons (Fsp3) is 0.368. The largest absolute Gasteiger partial charge is 0.306 e. The molecule has 0 bridgehead atoms. The number of imidazole rings is 1. The van der Waals surface area contributed by atoms with Gasteiger partial charge < -0.3 is 4.90 Å². The summed E-state index contributed by atoms with van der Waals surface area (Å²) in [4.78, 5) is 12.0. The fourth-order valence-electron chi connectivity index (χ4n) is 3.52. The predicted octanol–water partition coefficient (Wildman–Crippen LogP) is 3.54. The molecule has 0 spiro atoms. The minimum Gasteiger partial charge on any atom is -0.306 e. The van der Waals surface area contributed by atoms with E-state index in [4.69, 9.17) is 4.98 Å². The first-order chi connectivity index (χ1) is 11.2. The molecular weight excluding hydrogens is 284 g/mol. The van der Waals surface area contributed by atoms with Crippen LogP contribution in [0, 0.1) is 6.92 Å². The molecule has 0 aliphatic carbocycles. The summed E-state index contributed by atoms with van der Waals surface area (Å²) >= 11 is 0. The van der Waals surface area contributed by atoms with Crippen molar-refractivity contribution in [3.8, 4) is 5.69 Å². The molecule has 0 unspecified atom stereocenters. The Hall–Kier alpha value is -2.20. The quantitative estimate of drug-likeness (QED) is 0.726. The second-order valence-corrected chi connectivity index (χ2v) is 6.52. The van der Waals surface area contributed by atoms with Gasteiger partial charge in [-0.05, 0) is 63.7 Å². The van der Waals surface area contributed by atoms with Gasteiger partial charge in [0.05, 0.1) is 5.69 Å². The van der Waals surface area contributed by atoms with Gasteiger partial charge in [0.25, 0.3) is 0 Å². The molecule has 0 atom stereocenters. The van der Waals surface area contributed by atoms with Crippen LogP contribution in [0.4, 0.5) is 0 Å². The van der Waals surface area contributed by atoms with E-state index >= 15 is 0 Å². The Bertz CT molecular complexity index is 828. The van der Waals surface area contributed by atoms with Crippen LogP contribution in [-0.4, -0.2) is 39.6 Å². The molecule has 1 aliphatic rings. The number of fused-ring (bicyclic) bond motifs is 1. The lowest BCUT2D eigenvalue weighted by Crippen LogP contribution is -2.30. The summed E-state index contributed by atoms with van der Waals surface area (Å²) in [6.45, 7) is 4.42. The Labute approximate surface area is 136 Å². The minimum absolute atomic E-state index is 0.500. The van der Waals surface area contributed by atoms with E-state index in [2.05, 4.69) is 58.8 Å². The van der Waals surface area contributed by atoms with Crippen molar-refractivity contribution >= 4 is 11.2 Å². The van der Waals surface area contributed by atoms with E-state index in [1.807, 2.05) is 12.3 Å². The zero-order valence-corrected chi connectivity index (χ0v) is 13.7. The van der Waals surface area contributed by atoms with Gasteiger partial charge >= 0.3 is 0 Å². The highest BCUT2D eigenvalue weighted by Gasteiger charge is 2.25. The van der Waals surface area contributed by atoms with Crippen molar-refractivity contribution in [3.63, 3.8) is 0 Å². The molecule has 23 heavy (non-hydrogen) atoms. The van der Waals surface area contributed by atoms with Gasteiger partial charge in [-0.15, -0.1) is 0 Å². The van der Waals surface area contributed by atoms with Crippen LogP contribution in [0.3, 0.4) is 0 Å². The highest BCUT2D eigenvalue weighted by atomic mass is 15.2. The van der Waals surface area contributed by atoms with Crippen molar-refractivity contribution in [2.45, 2.75) is 25.7 Å². The third-order valence-corrected chi connectivity index (χ3v) is 4.88. The van der Waals surface area contributed by atoms with Crippen molar-refractivity contribution in [1.29, 1.82) is 0 Å². The molecule has 1 aliphatic heterocycles. The monoisotopic (exact) mass is 306 g/mol. The van der Waals surface area contributed by atoms with Gasteiger partial charge in [-0.25, -0.2) is 9.97 Å². The molecule has 0 N–H and O–H groups in total. The van der Waals surface area contributed by atoms with Crippen molar-refractivity contribution < 1.29 is 0 Å². The number of aromatic nitrogens is 3. The van der Waals surface area contributed by atoms with E-state index in [9.17, 15) is 0 Å². The van der Waals surface area contributed by atoms with Crippen molar-refractivity contribution in [2.24, 2.45) is 0 Å². The van der Waals surface area contributed by atoms with E-state index in [-0.39, 0.29) is 0 Å². The third kappa shape index (κ3) is 2.53. The number of nitrogens with zero attached hydrogens (tertiary/aromatic N) is 4. The van der Waals surface area contributed by atoms with E-state index in [1.165, 1.54) is 17.1 Å². The molecule has 3 heterocycles. The summed E-state index contributed by atoms with van der Waals surface area (Å²) in [5.74, 6) is 1.67. The first-order valence-corrected chi connectivity index (χ1v) is 8.32. The second kappa shape index (κ2) is 5.78. The van der Waals surface area contributed by atoms with Gasteiger partial charge in [0, 0.05) is 12.1 Å². The van der Waals surface area contributed by atoms with Crippen LogP contribution in [0.5, 0.6) is 0 Å². The standard InChI is InChI=1S/C19H22N4/c1-14-6-3-4-8-17(14)23-18(15-9-12-22(2)13-10-15)21-16-7-5-11-20-19(16)23/h3-8,11,15H,9-10,12-13H2,1-2H3. The third-order valence-electron chi connectivity index (χ3n) is 4.88. The van der Waals surface area contributed by atoms with Crippen LogP contribution >= 0.6 is 0 Å². The maximum Gasteiger partial charge on any atom is 0.164 e. The normalized spacial score (nSPS) is 17.0. The first kappa shape index (κ1) is 14.4. The first-order valence-electron chi connectivity index (χ1n) is 8.32. The molecule has 118 valence electrons. The molecule has 1 fully saturated rings. The number of hydrogen-bond acceptors (Lipinski definition) is 3. The van der Waals surface area contributed by atoms with Gasteiger partial charge in [0.15, 0.2) is 5.65 Å². The molecule has 3 aromatic rings. The topological polar surface area (TPSA) is 34.0 Å². The Morgan fingerprint density at radius 1 is 1.04 bits per heavy atom. The number of benzene rings is 1. The van der Waals surface area contributed by atoms with Gasteiger partial charge in [0.2, 0.25) is 0 Å². The van der Waals surface area contributed by atoms with Gasteiger partial charge in [0.1, 0.15) is 11.3 Å². The van der Waals surface area contributed by atoms with Crippen LogP contribution in [0.15, 0.2) is 42.6 Å². The Morgan fingerprint density at radius 3 is 2.61 bits per heavy atom. The number of para-hydroxylation sites is 1. The maximum absolute atomic E-state index is 4.96. The second-order valence-electron chi connectivity index (χ2n) is 6.52. The summed E-state index contributed by atoms with van der Waals surface area (Å²) in [6, 6.07) is 12.5. The van der Waals surface area contributed by atoms with Gasteiger partial charge in [-0.3, -0.25) is 4.57 Å². The Balaban J connectivity index is 1.90. The molecule has 0 radical (unpaired) electrons. The number of rotatable bonds is 2. The smallest absolute Gasteiger partial charge is 0.164 e. The van der Waals surface area contributed by atoms with Gasteiger partial charge in [-0.2, -0.15) is 0 Å². The van der Waals surface area contributed by atoms with E-state index in [0.717, 1.165) is 37.1 Å². The van der Waals surface area contributed by atoms with Gasteiger partial charge in [-0.1, -0.05) is 18.2 Å². The SMILES string of the molecule is Cc1ccccc1-n1c(C2CCN(C)CC2)nc2cccnc21. The van der Waals surface area contributed by atoms with Crippen molar-refractivity contribution in [1.82, 2.24) is 19.4 Å². The number of pyridine rings is 1. The van der Waals surface area contributed by atoms with E-state index in [0.29, 0.717) is 5.92 Å². The zero-order valence-electron chi connectivity index (χ0n) is 13.7. The molecule has 0 saturated carbocycles. The Kier molecular flexibility index (Phi) is 3.62. The molecule has 4 rings (SSSR count). The molecule has 4 nitrogen and oxygen atoms in total. The summed E-state index contributed by atoms with van der Waals surface area (Å²) in [5, 5.41) is 0. The van der Waals surface area contributed by atoms with Crippen LogP contribution < -0.4 is 0 Å². The molecule has 1 saturated heterocycles. The van der Waals surface area contributed by atoms with Crippen molar-refractivity contribution in [2.75, 3.05) is 20.1 Å². The fourth-order valence-corrected chi connectivity index (χ4v) is 3.52. The molecule has 1 aromatic carbocycles. The minimum atomic E-state index is 0.500. The van der Waals surface area contributed by atoms with Crippen LogP contribution in [-0.2, 0) is 0 Å². The van der Waals surface area contributed by atoms with E-state index < -0.39 is 0 Å². The molecular formula is C19H22N4. The number of hydrogen-bond donors (Lipinski definition) is 0. The predicted molar refractivity (Wildman–Crippen MR) is 93.1 cm³/mol. The van der Waals surface area contributed by atoms with Crippen molar-refractivity contribution in [3.05, 3.63) is 54.0 Å². The lowest BCUT2D eigenvalue weighted by Gasteiger charge is -2.29. The number of likely N-dealkylation sites (tertiary alicyclic amines) is 1. The average Bonchev–Trinajstić information content (AvgIpc) is 2.95. The molecule has 0 amide bonds. The lowest BCUT2D eigenvalue weighted by molar-refractivity contribution is 0.250.